The van der Waals surface area contributed by atoms with Gasteiger partial charge in [0, 0.05) is 26.3 Å². The zero-order valence-electron chi connectivity index (χ0n) is 30.3. The minimum absolute atomic E-state index is 0.357. The van der Waals surface area contributed by atoms with E-state index in [1.807, 2.05) is 17.4 Å². The van der Waals surface area contributed by atoms with Gasteiger partial charge in [0.05, 0.1) is 16.8 Å². The zero-order chi connectivity index (χ0) is 36.8. The van der Waals surface area contributed by atoms with Crippen molar-refractivity contribution < 1.29 is 0 Å². The molecule has 56 heavy (non-hydrogen) atoms. The Morgan fingerprint density at radius 1 is 0.375 bits per heavy atom. The summed E-state index contributed by atoms with van der Waals surface area (Å²) in [5.41, 5.74) is 16.5. The first-order valence-corrected chi connectivity index (χ1v) is 20.0. The third-order valence-corrected chi connectivity index (χ3v) is 13.1. The van der Waals surface area contributed by atoms with Crippen LogP contribution in [0.3, 0.4) is 0 Å². The lowest BCUT2D eigenvalue weighted by Crippen LogP contribution is -2.25. The predicted octanol–water partition coefficient (Wildman–Crippen LogP) is 13.9. The Kier molecular flexibility index (Phi) is 6.75. The molecule has 260 valence electrons. The number of benzene rings is 8. The Hall–Kier alpha value is -6.94. The average Bonchev–Trinajstić information content (AvgIpc) is 3.90. The monoisotopic (exact) mass is 728 g/mol. The highest BCUT2D eigenvalue weighted by Gasteiger charge is 2.53. The lowest BCUT2D eigenvalue weighted by molar-refractivity contribution is 0.803. The maximum atomic E-state index is 5.17. The van der Waals surface area contributed by atoms with E-state index in [0.717, 1.165) is 28.1 Å². The van der Waals surface area contributed by atoms with Crippen molar-refractivity contribution in [1.29, 1.82) is 0 Å². The highest BCUT2D eigenvalue weighted by molar-refractivity contribution is 7.22. The van der Waals surface area contributed by atoms with Gasteiger partial charge in [0.15, 0.2) is 5.82 Å². The van der Waals surface area contributed by atoms with Crippen molar-refractivity contribution in [2.45, 2.75) is 5.41 Å². The van der Waals surface area contributed by atoms with E-state index in [4.69, 9.17) is 9.97 Å². The Balaban J connectivity index is 0.990. The van der Waals surface area contributed by atoms with Crippen LogP contribution in [0.1, 0.15) is 22.3 Å². The van der Waals surface area contributed by atoms with Gasteiger partial charge in [-0.2, -0.15) is 0 Å². The number of hydrogen-bond donors (Lipinski definition) is 0. The molecule has 3 heteroatoms. The number of hydrogen-bond acceptors (Lipinski definition) is 3. The molecule has 0 saturated carbocycles. The van der Waals surface area contributed by atoms with Crippen LogP contribution >= 0.6 is 11.3 Å². The molecule has 0 amide bonds. The summed E-state index contributed by atoms with van der Waals surface area (Å²) in [5, 5.41) is 3.76. The molecule has 0 unspecified atom stereocenters. The van der Waals surface area contributed by atoms with Crippen LogP contribution < -0.4 is 0 Å². The molecule has 2 aliphatic rings. The average molecular weight is 729 g/mol. The third-order valence-electron chi connectivity index (χ3n) is 11.9. The van der Waals surface area contributed by atoms with Crippen molar-refractivity contribution in [3.63, 3.8) is 0 Å². The van der Waals surface area contributed by atoms with Crippen LogP contribution in [0.4, 0.5) is 0 Å². The highest BCUT2D eigenvalue weighted by atomic mass is 32.1. The molecule has 0 N–H and O–H groups in total. The normalized spacial score (nSPS) is 13.1. The van der Waals surface area contributed by atoms with Gasteiger partial charge in [-0.25, -0.2) is 9.97 Å². The molecule has 2 aliphatic carbocycles. The van der Waals surface area contributed by atoms with Crippen molar-refractivity contribution in [3.05, 3.63) is 216 Å². The number of fused-ring (bicyclic) bond motifs is 13. The van der Waals surface area contributed by atoms with Gasteiger partial charge in [0.2, 0.25) is 0 Å². The summed E-state index contributed by atoms with van der Waals surface area (Å²) in [4.78, 5) is 11.7. The molecule has 1 spiro atoms. The fourth-order valence-electron chi connectivity index (χ4n) is 9.42. The van der Waals surface area contributed by atoms with Crippen molar-refractivity contribution in [2.24, 2.45) is 0 Å². The molecule has 0 atom stereocenters. The van der Waals surface area contributed by atoms with E-state index >= 15 is 0 Å². The zero-order valence-corrected chi connectivity index (χ0v) is 31.1. The Morgan fingerprint density at radius 3 is 1.75 bits per heavy atom. The molecule has 12 rings (SSSR count). The van der Waals surface area contributed by atoms with Crippen LogP contribution in [0, 0.1) is 0 Å². The Bertz CT molecular complexity index is 3150. The summed E-state index contributed by atoms with van der Waals surface area (Å²) >= 11 is 1.93. The van der Waals surface area contributed by atoms with Crippen LogP contribution in [0.15, 0.2) is 194 Å². The first kappa shape index (κ1) is 31.4. The van der Waals surface area contributed by atoms with Gasteiger partial charge >= 0.3 is 0 Å². The fraction of sp³-hybridized carbons (Fsp3) is 0.0189. The number of thiophene rings is 1. The summed E-state index contributed by atoms with van der Waals surface area (Å²) in [7, 11) is 0. The van der Waals surface area contributed by atoms with Crippen LogP contribution in [0.5, 0.6) is 0 Å². The fourth-order valence-corrected chi connectivity index (χ4v) is 10.7. The van der Waals surface area contributed by atoms with Gasteiger partial charge in [-0.3, -0.25) is 0 Å². The first-order valence-electron chi connectivity index (χ1n) is 19.1. The van der Waals surface area contributed by atoms with E-state index in [1.54, 1.807) is 0 Å². The molecule has 0 radical (unpaired) electrons. The van der Waals surface area contributed by atoms with Crippen molar-refractivity contribution in [3.8, 4) is 66.6 Å². The topological polar surface area (TPSA) is 25.8 Å². The second kappa shape index (κ2) is 12.0. The van der Waals surface area contributed by atoms with E-state index in [0.29, 0.717) is 5.82 Å². The van der Waals surface area contributed by atoms with Gasteiger partial charge in [-0.1, -0.05) is 170 Å². The molecule has 2 heterocycles. The van der Waals surface area contributed by atoms with E-state index in [1.165, 1.54) is 75.8 Å². The molecular weight excluding hydrogens is 697 g/mol. The lowest BCUT2D eigenvalue weighted by atomic mass is 9.70. The summed E-state index contributed by atoms with van der Waals surface area (Å²) in [6.07, 6.45) is 0. The third kappa shape index (κ3) is 4.49. The van der Waals surface area contributed by atoms with Crippen LogP contribution in [-0.2, 0) is 5.41 Å². The minimum Gasteiger partial charge on any atom is -0.228 e. The van der Waals surface area contributed by atoms with E-state index in [9.17, 15) is 0 Å². The van der Waals surface area contributed by atoms with Gasteiger partial charge in [-0.15, -0.1) is 11.3 Å². The van der Waals surface area contributed by atoms with Crippen LogP contribution in [-0.4, -0.2) is 9.97 Å². The van der Waals surface area contributed by atoms with Crippen molar-refractivity contribution in [1.82, 2.24) is 9.97 Å². The smallest absolute Gasteiger partial charge is 0.160 e. The molecule has 10 aromatic rings. The number of nitrogens with zero attached hydrogens (tertiary/aromatic N) is 2. The molecule has 2 aromatic heterocycles. The molecular formula is C53H32N2S. The van der Waals surface area contributed by atoms with E-state index in [2.05, 4.69) is 188 Å². The van der Waals surface area contributed by atoms with Crippen LogP contribution in [0.25, 0.3) is 87.5 Å². The maximum Gasteiger partial charge on any atom is 0.160 e. The molecule has 0 bridgehead atoms. The largest absolute Gasteiger partial charge is 0.228 e. The number of rotatable bonds is 4. The van der Waals surface area contributed by atoms with E-state index < -0.39 is 0 Å². The second-order valence-corrected chi connectivity index (χ2v) is 15.9. The summed E-state index contributed by atoms with van der Waals surface area (Å²) in [5.74, 6) is 0.713. The van der Waals surface area contributed by atoms with Gasteiger partial charge in [0.25, 0.3) is 0 Å². The molecule has 0 aliphatic heterocycles. The Morgan fingerprint density at radius 2 is 0.964 bits per heavy atom. The standard InChI is InChI=1S/C53H32N2S/c1-2-13-35(14-3-1)47-32-48(39-27-24-33-12-4-5-15-37(33)30-39)55-52(54-47)36-25-22-34(23-26-36)38-28-29-46-43(31-38)51-50(42-18-8-11-21-49(42)56-51)53(46)44-19-9-6-16-40(44)41-17-7-10-20-45(41)53/h1-32H. The summed E-state index contributed by atoms with van der Waals surface area (Å²) in [6.45, 7) is 0. The minimum atomic E-state index is -0.357. The SMILES string of the molecule is c1ccc(-c2cc(-c3ccc4ccccc4c3)nc(-c3ccc(-c4ccc5c(c4)-c4sc6ccccc6c4C54c5ccccc5-c5ccccc54)cc3)n2)cc1. The predicted molar refractivity (Wildman–Crippen MR) is 233 cm³/mol. The van der Waals surface area contributed by atoms with Gasteiger partial charge in [0.1, 0.15) is 0 Å². The second-order valence-electron chi connectivity index (χ2n) is 14.9. The van der Waals surface area contributed by atoms with E-state index in [-0.39, 0.29) is 5.41 Å². The molecule has 0 saturated heterocycles. The summed E-state index contributed by atoms with van der Waals surface area (Å²) in [6, 6.07) is 70.5. The van der Waals surface area contributed by atoms with Gasteiger partial charge in [-0.05, 0) is 90.5 Å². The highest BCUT2D eigenvalue weighted by Crippen LogP contribution is 2.66. The number of aromatic nitrogens is 2. The maximum absolute atomic E-state index is 5.17. The Labute approximate surface area is 329 Å². The van der Waals surface area contributed by atoms with Crippen molar-refractivity contribution in [2.75, 3.05) is 0 Å². The lowest BCUT2D eigenvalue weighted by Gasteiger charge is -2.30. The van der Waals surface area contributed by atoms with Gasteiger partial charge < -0.3 is 0 Å². The quantitative estimate of drug-likeness (QED) is 0.180. The molecule has 8 aromatic carbocycles. The summed E-state index contributed by atoms with van der Waals surface area (Å²) < 4.78 is 1.33. The molecule has 0 fully saturated rings. The first-order chi connectivity index (χ1) is 27.7. The molecule has 2 nitrogen and oxygen atoms in total. The van der Waals surface area contributed by atoms with Crippen molar-refractivity contribution >= 4 is 32.2 Å². The van der Waals surface area contributed by atoms with Crippen LogP contribution in [0.2, 0.25) is 0 Å².